The highest BCUT2D eigenvalue weighted by Crippen LogP contribution is 2.45. The van der Waals surface area contributed by atoms with Crippen molar-refractivity contribution in [3.8, 4) is 10.6 Å². The van der Waals surface area contributed by atoms with Crippen LogP contribution >= 0.6 is 11.3 Å². The van der Waals surface area contributed by atoms with Gasteiger partial charge < -0.3 is 19.7 Å². The number of rotatable bonds is 4. The van der Waals surface area contributed by atoms with Crippen molar-refractivity contribution in [3.63, 3.8) is 0 Å². The Kier molecular flexibility index (Phi) is 4.90. The number of aromatic nitrogens is 2. The zero-order valence-corrected chi connectivity index (χ0v) is 16.7. The number of hydrogen-bond acceptors (Lipinski definition) is 7. The Morgan fingerprint density at radius 3 is 2.52 bits per heavy atom. The van der Waals surface area contributed by atoms with E-state index in [1.807, 2.05) is 0 Å². The summed E-state index contributed by atoms with van der Waals surface area (Å²) in [5.74, 6) is 0. The number of aliphatic hydroxyl groups is 1. The van der Waals surface area contributed by atoms with Gasteiger partial charge in [0.1, 0.15) is 16.6 Å². The quantitative estimate of drug-likeness (QED) is 0.569. The maximum absolute atomic E-state index is 14.0. The number of fused-ring (bicyclic) bond motifs is 3. The van der Waals surface area contributed by atoms with Crippen LogP contribution in [0.4, 0.5) is 28.0 Å². The van der Waals surface area contributed by atoms with Gasteiger partial charge in [0.05, 0.1) is 11.1 Å². The molecule has 12 heteroatoms. The summed E-state index contributed by atoms with van der Waals surface area (Å²) in [7, 11) is 0. The summed E-state index contributed by atoms with van der Waals surface area (Å²) in [6.07, 6.45) is -7.72. The fraction of sp³-hybridized carbons (Fsp3) is 0.474. The molecule has 2 aliphatic rings. The summed E-state index contributed by atoms with van der Waals surface area (Å²) in [5, 5.41) is 15.2. The lowest BCUT2D eigenvalue weighted by atomic mass is 9.97. The Bertz CT molecular complexity index is 1090. The van der Waals surface area contributed by atoms with Gasteiger partial charge in [-0.25, -0.2) is 13.8 Å². The van der Waals surface area contributed by atoms with Crippen molar-refractivity contribution in [2.24, 2.45) is 0 Å². The van der Waals surface area contributed by atoms with Gasteiger partial charge in [0.15, 0.2) is 5.58 Å². The average Bonchev–Trinajstić information content (AvgIpc) is 3.45. The van der Waals surface area contributed by atoms with Crippen molar-refractivity contribution in [3.05, 3.63) is 28.8 Å². The molecule has 0 aliphatic carbocycles. The number of halogens is 5. The first-order valence-corrected chi connectivity index (χ1v) is 10.5. The minimum Gasteiger partial charge on any atom is -0.423 e. The van der Waals surface area contributed by atoms with E-state index in [-0.39, 0.29) is 34.3 Å². The van der Waals surface area contributed by atoms with Gasteiger partial charge in [-0.2, -0.15) is 18.2 Å². The van der Waals surface area contributed by atoms with E-state index < -0.39 is 35.3 Å². The second-order valence-electron chi connectivity index (χ2n) is 7.72. The second-order valence-corrected chi connectivity index (χ2v) is 8.61. The molecule has 0 saturated carbocycles. The zero-order chi connectivity index (χ0) is 21.9. The fourth-order valence-electron chi connectivity index (χ4n) is 4.36. The van der Waals surface area contributed by atoms with Crippen molar-refractivity contribution >= 4 is 28.5 Å². The highest BCUT2D eigenvalue weighted by atomic mass is 32.1. The maximum atomic E-state index is 14.0. The van der Waals surface area contributed by atoms with Crippen LogP contribution in [0.25, 0.3) is 21.7 Å². The SMILES string of the molecule is OC(c1cc(-c2nccs2)c2oc(N3CC4CCC(C3)N4)nc2c1C(F)(F)F)C(F)F. The summed E-state index contributed by atoms with van der Waals surface area (Å²) in [6, 6.07) is 1.26. The molecule has 166 valence electrons. The molecule has 0 radical (unpaired) electrons. The second kappa shape index (κ2) is 7.38. The third kappa shape index (κ3) is 3.56. The van der Waals surface area contributed by atoms with E-state index in [0.717, 1.165) is 30.2 Å². The monoisotopic (exact) mass is 460 g/mol. The number of thiazole rings is 1. The van der Waals surface area contributed by atoms with Gasteiger partial charge in [0.25, 0.3) is 12.4 Å². The molecule has 3 unspecified atom stereocenters. The summed E-state index contributed by atoms with van der Waals surface area (Å²) in [4.78, 5) is 9.96. The molecule has 2 saturated heterocycles. The molecule has 2 fully saturated rings. The molecule has 0 spiro atoms. The van der Waals surface area contributed by atoms with E-state index in [1.165, 1.54) is 6.20 Å². The van der Waals surface area contributed by atoms with E-state index in [4.69, 9.17) is 4.42 Å². The van der Waals surface area contributed by atoms with Crippen molar-refractivity contribution in [2.75, 3.05) is 18.0 Å². The number of aliphatic hydroxyl groups excluding tert-OH is 1. The zero-order valence-electron chi connectivity index (χ0n) is 15.9. The van der Waals surface area contributed by atoms with E-state index in [0.29, 0.717) is 13.1 Å². The molecular weight excluding hydrogens is 443 g/mol. The van der Waals surface area contributed by atoms with E-state index in [1.54, 1.807) is 10.3 Å². The predicted molar refractivity (Wildman–Crippen MR) is 103 cm³/mol. The highest BCUT2D eigenvalue weighted by Gasteiger charge is 2.42. The Balaban J connectivity index is 1.74. The van der Waals surface area contributed by atoms with Crippen LogP contribution in [0.5, 0.6) is 0 Å². The summed E-state index contributed by atoms with van der Waals surface area (Å²) >= 11 is 1.12. The topological polar surface area (TPSA) is 74.4 Å². The van der Waals surface area contributed by atoms with Gasteiger partial charge in [0.2, 0.25) is 0 Å². The molecule has 2 N–H and O–H groups in total. The highest BCUT2D eigenvalue weighted by molar-refractivity contribution is 7.13. The number of benzene rings is 1. The summed E-state index contributed by atoms with van der Waals surface area (Å²) in [6.45, 7) is 1.04. The Morgan fingerprint density at radius 1 is 1.23 bits per heavy atom. The molecule has 3 aromatic rings. The number of oxazole rings is 1. The van der Waals surface area contributed by atoms with Crippen molar-refractivity contribution in [1.82, 2.24) is 15.3 Å². The molecule has 2 aromatic heterocycles. The smallest absolute Gasteiger partial charge is 0.418 e. The summed E-state index contributed by atoms with van der Waals surface area (Å²) < 4.78 is 74.3. The van der Waals surface area contributed by atoms with Gasteiger partial charge in [-0.05, 0) is 18.9 Å². The molecule has 3 atom stereocenters. The van der Waals surface area contributed by atoms with Gasteiger partial charge >= 0.3 is 6.18 Å². The van der Waals surface area contributed by atoms with Gasteiger partial charge in [-0.3, -0.25) is 0 Å². The minimum absolute atomic E-state index is 0.000364. The lowest BCUT2D eigenvalue weighted by Crippen LogP contribution is -2.51. The third-order valence-electron chi connectivity index (χ3n) is 5.68. The van der Waals surface area contributed by atoms with Crippen LogP contribution in [0, 0.1) is 0 Å². The molecule has 0 amide bonds. The molecule has 2 bridgehead atoms. The van der Waals surface area contributed by atoms with Crippen LogP contribution in [0.3, 0.4) is 0 Å². The first-order valence-electron chi connectivity index (χ1n) is 9.64. The van der Waals surface area contributed by atoms with Crippen LogP contribution in [0.1, 0.15) is 30.1 Å². The largest absolute Gasteiger partial charge is 0.423 e. The molecule has 2 aliphatic heterocycles. The molecule has 4 heterocycles. The number of alkyl halides is 5. The Hall–Kier alpha value is -2.31. The van der Waals surface area contributed by atoms with Crippen LogP contribution in [-0.2, 0) is 6.18 Å². The standard InChI is InChI=1S/C19H17F5N4O2S/c20-16(21)14(29)10-5-11(17-25-3-4-31-17)15-13(12(10)19(22,23)24)27-18(30-15)28-6-8-1-2-9(7-28)26-8/h3-5,8-9,14,16,26,29H,1-2,6-7H2. The van der Waals surface area contributed by atoms with E-state index in [2.05, 4.69) is 15.3 Å². The normalized spacial score (nSPS) is 22.6. The van der Waals surface area contributed by atoms with Gasteiger partial charge in [0, 0.05) is 42.3 Å². The van der Waals surface area contributed by atoms with Crippen LogP contribution in [0.2, 0.25) is 0 Å². The van der Waals surface area contributed by atoms with Gasteiger partial charge in [-0.15, -0.1) is 11.3 Å². The molecule has 5 rings (SSSR count). The average molecular weight is 460 g/mol. The molecular formula is C19H17F5N4O2S. The number of anilines is 1. The van der Waals surface area contributed by atoms with E-state index >= 15 is 0 Å². The lowest BCUT2D eigenvalue weighted by molar-refractivity contribution is -0.139. The maximum Gasteiger partial charge on any atom is 0.418 e. The Labute approximate surface area is 176 Å². The van der Waals surface area contributed by atoms with Crippen molar-refractivity contribution < 1.29 is 31.5 Å². The molecule has 31 heavy (non-hydrogen) atoms. The number of hydrogen-bond donors (Lipinski definition) is 2. The van der Waals surface area contributed by atoms with Crippen molar-refractivity contribution in [1.29, 1.82) is 0 Å². The first-order chi connectivity index (χ1) is 14.7. The Morgan fingerprint density at radius 2 is 1.94 bits per heavy atom. The van der Waals surface area contributed by atoms with Crippen LogP contribution in [0.15, 0.2) is 22.1 Å². The lowest BCUT2D eigenvalue weighted by Gasteiger charge is -2.31. The molecule has 1 aromatic carbocycles. The summed E-state index contributed by atoms with van der Waals surface area (Å²) in [5.41, 5.74) is -3.06. The minimum atomic E-state index is -5.03. The predicted octanol–water partition coefficient (Wildman–Crippen LogP) is 4.21. The number of nitrogens with zero attached hydrogens (tertiary/aromatic N) is 3. The number of nitrogens with one attached hydrogen (secondary N) is 1. The van der Waals surface area contributed by atoms with E-state index in [9.17, 15) is 27.1 Å². The third-order valence-corrected chi connectivity index (χ3v) is 6.48. The fourth-order valence-corrected chi connectivity index (χ4v) is 5.01. The van der Waals surface area contributed by atoms with Crippen LogP contribution < -0.4 is 10.2 Å². The van der Waals surface area contributed by atoms with Gasteiger partial charge in [-0.1, -0.05) is 0 Å². The van der Waals surface area contributed by atoms with Crippen LogP contribution in [-0.4, -0.2) is 46.7 Å². The molecule has 6 nitrogen and oxygen atoms in total. The first kappa shape index (κ1) is 20.6. The number of piperazine rings is 1. The van der Waals surface area contributed by atoms with Crippen molar-refractivity contribution in [2.45, 2.75) is 43.6 Å².